The third-order valence-corrected chi connectivity index (χ3v) is 3.90. The molecule has 1 aliphatic rings. The van der Waals surface area contributed by atoms with Crippen LogP contribution in [0, 0.1) is 5.92 Å². The van der Waals surface area contributed by atoms with Crippen molar-refractivity contribution in [1.29, 1.82) is 0 Å². The average Bonchev–Trinajstić information content (AvgIpc) is 2.82. The van der Waals surface area contributed by atoms with Crippen LogP contribution in [0.5, 0.6) is 0 Å². The highest BCUT2D eigenvalue weighted by atomic mass is 35.5. The summed E-state index contributed by atoms with van der Waals surface area (Å²) in [6.07, 6.45) is 1.16. The molecule has 0 bridgehead atoms. The van der Waals surface area contributed by atoms with Crippen LogP contribution in [0.2, 0.25) is 5.02 Å². The van der Waals surface area contributed by atoms with Gasteiger partial charge in [0.2, 0.25) is 0 Å². The summed E-state index contributed by atoms with van der Waals surface area (Å²) in [6, 6.07) is 8.76. The molecule has 2 rings (SSSR count). The molecule has 0 aromatic heterocycles. The molecule has 0 amide bonds. The van der Waals surface area contributed by atoms with Crippen molar-refractivity contribution in [2.24, 2.45) is 5.92 Å². The fourth-order valence-corrected chi connectivity index (χ4v) is 2.69. The van der Waals surface area contributed by atoms with E-state index in [0.717, 1.165) is 24.7 Å². The van der Waals surface area contributed by atoms with Gasteiger partial charge >= 0.3 is 0 Å². The van der Waals surface area contributed by atoms with Gasteiger partial charge in [-0.15, -0.1) is 0 Å². The van der Waals surface area contributed by atoms with E-state index in [0.29, 0.717) is 12.0 Å². The predicted molar refractivity (Wildman–Crippen MR) is 71.4 cm³/mol. The smallest absolute Gasteiger partial charge is 0.0509 e. The lowest BCUT2D eigenvalue weighted by Gasteiger charge is -2.24. The molecular formula is C14H20ClNO. The van der Waals surface area contributed by atoms with Crippen LogP contribution in [0.4, 0.5) is 0 Å². The molecule has 0 aliphatic carbocycles. The van der Waals surface area contributed by atoms with E-state index in [2.05, 4.69) is 25.2 Å². The molecule has 3 atom stereocenters. The van der Waals surface area contributed by atoms with Crippen LogP contribution in [-0.4, -0.2) is 19.3 Å². The second kappa shape index (κ2) is 5.85. The fraction of sp³-hybridized carbons (Fsp3) is 0.571. The molecule has 1 N–H and O–H groups in total. The Balaban J connectivity index is 1.96. The first kappa shape index (κ1) is 12.9. The van der Waals surface area contributed by atoms with Crippen molar-refractivity contribution in [2.75, 3.05) is 13.2 Å². The lowest BCUT2D eigenvalue weighted by Crippen LogP contribution is -2.35. The zero-order chi connectivity index (χ0) is 12.3. The zero-order valence-electron chi connectivity index (χ0n) is 10.4. The Morgan fingerprint density at radius 2 is 2.12 bits per heavy atom. The van der Waals surface area contributed by atoms with E-state index in [1.807, 2.05) is 18.2 Å². The molecule has 17 heavy (non-hydrogen) atoms. The largest absolute Gasteiger partial charge is 0.381 e. The Morgan fingerprint density at radius 1 is 1.35 bits per heavy atom. The molecule has 0 spiro atoms. The summed E-state index contributed by atoms with van der Waals surface area (Å²) in [5, 5.41) is 4.45. The predicted octanol–water partition coefficient (Wildman–Crippen LogP) is 3.42. The van der Waals surface area contributed by atoms with Crippen LogP contribution in [0.25, 0.3) is 0 Å². The minimum Gasteiger partial charge on any atom is -0.381 e. The number of benzene rings is 1. The van der Waals surface area contributed by atoms with Gasteiger partial charge in [-0.25, -0.2) is 0 Å². The third-order valence-electron chi connectivity index (χ3n) is 3.56. The monoisotopic (exact) mass is 253 g/mol. The van der Waals surface area contributed by atoms with Crippen LogP contribution in [-0.2, 0) is 4.74 Å². The van der Waals surface area contributed by atoms with E-state index in [-0.39, 0.29) is 6.04 Å². The quantitative estimate of drug-likeness (QED) is 0.888. The maximum Gasteiger partial charge on any atom is 0.0509 e. The van der Waals surface area contributed by atoms with E-state index in [4.69, 9.17) is 16.3 Å². The maximum atomic E-state index is 6.20. The van der Waals surface area contributed by atoms with Crippen molar-refractivity contribution in [3.63, 3.8) is 0 Å². The summed E-state index contributed by atoms with van der Waals surface area (Å²) in [4.78, 5) is 0. The summed E-state index contributed by atoms with van der Waals surface area (Å²) >= 11 is 6.20. The van der Waals surface area contributed by atoms with Gasteiger partial charge in [0, 0.05) is 23.7 Å². The molecule has 0 radical (unpaired) electrons. The Kier molecular flexibility index (Phi) is 4.43. The molecule has 0 saturated carbocycles. The van der Waals surface area contributed by atoms with Crippen molar-refractivity contribution >= 4 is 11.6 Å². The van der Waals surface area contributed by atoms with Crippen LogP contribution < -0.4 is 5.32 Å². The van der Waals surface area contributed by atoms with Crippen LogP contribution in [0.1, 0.15) is 31.9 Å². The molecule has 1 aliphatic heterocycles. The minimum absolute atomic E-state index is 0.277. The van der Waals surface area contributed by atoms with Gasteiger partial charge in [0.05, 0.1) is 6.61 Å². The maximum absolute atomic E-state index is 6.20. The number of hydrogen-bond donors (Lipinski definition) is 1. The van der Waals surface area contributed by atoms with Gasteiger partial charge in [-0.1, -0.05) is 29.8 Å². The van der Waals surface area contributed by atoms with Gasteiger partial charge in [0.1, 0.15) is 0 Å². The molecule has 1 aromatic carbocycles. The SMILES string of the molecule is CC(NC(C)C1CCOC1)c1ccccc1Cl. The first-order chi connectivity index (χ1) is 8.18. The highest BCUT2D eigenvalue weighted by Crippen LogP contribution is 2.24. The van der Waals surface area contributed by atoms with E-state index in [9.17, 15) is 0 Å². The Hall–Kier alpha value is -0.570. The summed E-state index contributed by atoms with van der Waals surface area (Å²) in [5.74, 6) is 0.625. The van der Waals surface area contributed by atoms with Gasteiger partial charge < -0.3 is 10.1 Å². The first-order valence-electron chi connectivity index (χ1n) is 6.26. The number of rotatable bonds is 4. The van der Waals surface area contributed by atoms with Crippen molar-refractivity contribution in [2.45, 2.75) is 32.4 Å². The number of hydrogen-bond acceptors (Lipinski definition) is 2. The molecule has 1 saturated heterocycles. The van der Waals surface area contributed by atoms with Crippen molar-refractivity contribution in [3.8, 4) is 0 Å². The summed E-state index contributed by atoms with van der Waals surface area (Å²) in [6.45, 7) is 6.17. The number of ether oxygens (including phenoxy) is 1. The third kappa shape index (κ3) is 3.21. The molecule has 2 nitrogen and oxygen atoms in total. The van der Waals surface area contributed by atoms with Gasteiger partial charge in [-0.2, -0.15) is 0 Å². The molecule has 3 heteroatoms. The minimum atomic E-state index is 0.277. The first-order valence-corrected chi connectivity index (χ1v) is 6.64. The van der Waals surface area contributed by atoms with Crippen LogP contribution in [0.15, 0.2) is 24.3 Å². The molecule has 1 heterocycles. The molecule has 94 valence electrons. The number of nitrogens with one attached hydrogen (secondary N) is 1. The molecular weight excluding hydrogens is 234 g/mol. The lowest BCUT2D eigenvalue weighted by molar-refractivity contribution is 0.177. The van der Waals surface area contributed by atoms with Crippen molar-refractivity contribution in [3.05, 3.63) is 34.9 Å². The van der Waals surface area contributed by atoms with Crippen LogP contribution in [0.3, 0.4) is 0 Å². The Morgan fingerprint density at radius 3 is 2.76 bits per heavy atom. The average molecular weight is 254 g/mol. The standard InChI is InChI=1S/C14H20ClNO/c1-10(12-7-8-17-9-12)16-11(2)13-5-3-4-6-14(13)15/h3-6,10-12,16H,7-9H2,1-2H3. The normalized spacial score (nSPS) is 23.6. The summed E-state index contributed by atoms with van der Waals surface area (Å²) in [7, 11) is 0. The Labute approximate surface area is 108 Å². The highest BCUT2D eigenvalue weighted by Gasteiger charge is 2.23. The van der Waals surface area contributed by atoms with Crippen molar-refractivity contribution in [1.82, 2.24) is 5.32 Å². The second-order valence-corrected chi connectivity index (χ2v) is 5.23. The summed E-state index contributed by atoms with van der Waals surface area (Å²) in [5.41, 5.74) is 1.17. The fourth-order valence-electron chi connectivity index (χ4n) is 2.39. The Bertz CT molecular complexity index is 363. The van der Waals surface area contributed by atoms with Gasteiger partial charge in [0.15, 0.2) is 0 Å². The molecule has 1 aromatic rings. The van der Waals surface area contributed by atoms with E-state index in [1.54, 1.807) is 0 Å². The van der Waals surface area contributed by atoms with Crippen LogP contribution >= 0.6 is 11.6 Å². The topological polar surface area (TPSA) is 21.3 Å². The van der Waals surface area contributed by atoms with Gasteiger partial charge in [-0.3, -0.25) is 0 Å². The van der Waals surface area contributed by atoms with E-state index in [1.165, 1.54) is 5.56 Å². The number of halogens is 1. The van der Waals surface area contributed by atoms with E-state index < -0.39 is 0 Å². The van der Waals surface area contributed by atoms with E-state index >= 15 is 0 Å². The highest BCUT2D eigenvalue weighted by molar-refractivity contribution is 6.31. The lowest BCUT2D eigenvalue weighted by atomic mass is 9.98. The van der Waals surface area contributed by atoms with Gasteiger partial charge in [0.25, 0.3) is 0 Å². The summed E-state index contributed by atoms with van der Waals surface area (Å²) < 4.78 is 5.42. The van der Waals surface area contributed by atoms with Gasteiger partial charge in [-0.05, 0) is 37.8 Å². The second-order valence-electron chi connectivity index (χ2n) is 4.82. The van der Waals surface area contributed by atoms with Crippen molar-refractivity contribution < 1.29 is 4.74 Å². The molecule has 1 fully saturated rings. The molecule has 3 unspecified atom stereocenters. The zero-order valence-corrected chi connectivity index (χ0v) is 11.2.